The van der Waals surface area contributed by atoms with E-state index in [2.05, 4.69) is 9.36 Å². The summed E-state index contributed by atoms with van der Waals surface area (Å²) in [7, 11) is -1.14. The van der Waals surface area contributed by atoms with E-state index in [1.165, 1.54) is 6.26 Å². The highest BCUT2D eigenvalue weighted by Gasteiger charge is 2.10. The van der Waals surface area contributed by atoms with Gasteiger partial charge in [-0.25, -0.2) is 4.98 Å². The third-order valence-electron chi connectivity index (χ3n) is 1.42. The molecule has 1 unspecified atom stereocenters. The van der Waals surface area contributed by atoms with Crippen molar-refractivity contribution in [1.29, 1.82) is 5.41 Å². The van der Waals surface area contributed by atoms with Gasteiger partial charge in [-0.15, -0.1) is 0 Å². The van der Waals surface area contributed by atoms with Gasteiger partial charge in [0.15, 0.2) is 5.01 Å². The molecule has 1 aromatic rings. The molecule has 1 heterocycles. The first-order chi connectivity index (χ1) is 6.15. The monoisotopic (exact) mass is 217 g/mol. The zero-order valence-corrected chi connectivity index (χ0v) is 9.17. The molecule has 6 heteroatoms. The minimum absolute atomic E-state index is 0.334. The van der Waals surface area contributed by atoms with Gasteiger partial charge in [-0.3, -0.25) is 4.21 Å². The molecule has 0 aliphatic rings. The summed E-state index contributed by atoms with van der Waals surface area (Å²) in [6, 6.07) is 0. The lowest BCUT2D eigenvalue weighted by Crippen LogP contribution is -1.98. The van der Waals surface area contributed by atoms with Crippen LogP contribution in [0.15, 0.2) is 5.16 Å². The zero-order chi connectivity index (χ0) is 9.84. The molecule has 1 N–H and O–H groups in total. The number of hydrogen-bond donors (Lipinski definition) is 1. The van der Waals surface area contributed by atoms with Crippen LogP contribution in [-0.2, 0) is 10.8 Å². The van der Waals surface area contributed by atoms with Gasteiger partial charge in [0.05, 0.1) is 16.5 Å². The second-order valence-corrected chi connectivity index (χ2v) is 4.59. The molecule has 1 atom stereocenters. The van der Waals surface area contributed by atoms with E-state index >= 15 is 0 Å². The van der Waals surface area contributed by atoms with Crippen molar-refractivity contribution >= 4 is 28.0 Å². The van der Waals surface area contributed by atoms with Crippen LogP contribution in [0.1, 0.15) is 24.8 Å². The molecule has 0 aromatic carbocycles. The highest BCUT2D eigenvalue weighted by molar-refractivity contribution is 7.84. The molecule has 72 valence electrons. The molecule has 4 nitrogen and oxygen atoms in total. The van der Waals surface area contributed by atoms with Gasteiger partial charge < -0.3 is 5.41 Å². The molecule has 0 saturated heterocycles. The Balaban J connectivity index is 2.79. The van der Waals surface area contributed by atoms with E-state index in [0.29, 0.717) is 22.3 Å². The molecular weight excluding hydrogens is 206 g/mol. The molecule has 0 radical (unpaired) electrons. The first-order valence-corrected chi connectivity index (χ1v) is 6.23. The van der Waals surface area contributed by atoms with Crippen molar-refractivity contribution in [3.8, 4) is 0 Å². The van der Waals surface area contributed by atoms with Crippen LogP contribution < -0.4 is 0 Å². The molecule has 0 aliphatic heterocycles. The van der Waals surface area contributed by atoms with E-state index < -0.39 is 10.8 Å². The van der Waals surface area contributed by atoms with Gasteiger partial charge in [0.2, 0.25) is 5.16 Å². The first-order valence-electron chi connectivity index (χ1n) is 3.90. The van der Waals surface area contributed by atoms with Crippen LogP contribution >= 0.6 is 11.5 Å². The number of nitrogens with one attached hydrogen (secondary N) is 1. The summed E-state index contributed by atoms with van der Waals surface area (Å²) in [4.78, 5) is 4.01. The Bertz CT molecular complexity index is 334. The first kappa shape index (κ1) is 10.5. The van der Waals surface area contributed by atoms with Gasteiger partial charge in [0.1, 0.15) is 0 Å². The third kappa shape index (κ3) is 2.67. The molecule has 0 aliphatic carbocycles. The molecule has 0 bridgehead atoms. The van der Waals surface area contributed by atoms with Gasteiger partial charge in [0.25, 0.3) is 0 Å². The van der Waals surface area contributed by atoms with Gasteiger partial charge in [0, 0.05) is 6.26 Å². The van der Waals surface area contributed by atoms with Crippen LogP contribution in [0.25, 0.3) is 0 Å². The van der Waals surface area contributed by atoms with Crippen molar-refractivity contribution in [3.63, 3.8) is 0 Å². The van der Waals surface area contributed by atoms with Crippen molar-refractivity contribution < 1.29 is 4.21 Å². The molecule has 13 heavy (non-hydrogen) atoms. The lowest BCUT2D eigenvalue weighted by atomic mass is 10.2. The predicted molar refractivity (Wildman–Crippen MR) is 54.0 cm³/mol. The Labute approximate surface area is 83.5 Å². The number of nitrogens with zero attached hydrogens (tertiary/aromatic N) is 2. The van der Waals surface area contributed by atoms with Crippen LogP contribution in [0, 0.1) is 5.41 Å². The van der Waals surface area contributed by atoms with Crippen molar-refractivity contribution in [2.24, 2.45) is 0 Å². The van der Waals surface area contributed by atoms with Crippen LogP contribution in [0.5, 0.6) is 0 Å². The van der Waals surface area contributed by atoms with Gasteiger partial charge in [-0.05, 0) is 18.0 Å². The Morgan fingerprint density at radius 3 is 2.85 bits per heavy atom. The molecule has 1 aromatic heterocycles. The Morgan fingerprint density at radius 2 is 2.38 bits per heavy atom. The molecule has 0 spiro atoms. The van der Waals surface area contributed by atoms with E-state index in [9.17, 15) is 4.21 Å². The molecule has 0 saturated carbocycles. The second-order valence-electron chi connectivity index (χ2n) is 2.56. The van der Waals surface area contributed by atoms with E-state index in [4.69, 9.17) is 5.41 Å². The Hall–Kier alpha value is -0.620. The number of rotatable bonds is 4. The maximum atomic E-state index is 11.0. The summed E-state index contributed by atoms with van der Waals surface area (Å²) in [6.45, 7) is 2.01. The Kier molecular flexibility index (Phi) is 3.68. The fourth-order valence-electron chi connectivity index (χ4n) is 0.806. The standard InChI is InChI=1S/C7H11N3OS2/c1-3-4-5(8)6-9-7(10-12-6)13(2)11/h8H,3-4H2,1-2H3. The summed E-state index contributed by atoms with van der Waals surface area (Å²) < 4.78 is 14.9. The molecule has 1 rings (SSSR count). The maximum absolute atomic E-state index is 11.0. The highest BCUT2D eigenvalue weighted by atomic mass is 32.2. The van der Waals surface area contributed by atoms with Gasteiger partial charge >= 0.3 is 0 Å². The average Bonchev–Trinajstić information content (AvgIpc) is 2.52. The quantitative estimate of drug-likeness (QED) is 0.776. The largest absolute Gasteiger partial charge is 0.302 e. The Morgan fingerprint density at radius 1 is 1.69 bits per heavy atom. The third-order valence-corrected chi connectivity index (χ3v) is 3.01. The number of aromatic nitrogens is 2. The van der Waals surface area contributed by atoms with Crippen molar-refractivity contribution in [2.45, 2.75) is 24.9 Å². The highest BCUT2D eigenvalue weighted by Crippen LogP contribution is 2.10. The van der Waals surface area contributed by atoms with Crippen molar-refractivity contribution in [2.75, 3.05) is 6.26 Å². The summed E-state index contributed by atoms with van der Waals surface area (Å²) in [6.07, 6.45) is 3.16. The fourth-order valence-corrected chi connectivity index (χ4v) is 2.16. The van der Waals surface area contributed by atoms with Crippen LogP contribution in [0.3, 0.4) is 0 Å². The van der Waals surface area contributed by atoms with Crippen LogP contribution in [0.4, 0.5) is 0 Å². The van der Waals surface area contributed by atoms with E-state index in [0.717, 1.165) is 18.0 Å². The van der Waals surface area contributed by atoms with Crippen LogP contribution in [0.2, 0.25) is 0 Å². The topological polar surface area (TPSA) is 66.7 Å². The lowest BCUT2D eigenvalue weighted by Gasteiger charge is -1.93. The normalized spacial score (nSPS) is 12.8. The zero-order valence-electron chi connectivity index (χ0n) is 7.53. The number of hydrogen-bond acceptors (Lipinski definition) is 5. The summed E-state index contributed by atoms with van der Waals surface area (Å²) in [5.74, 6) is 0. The summed E-state index contributed by atoms with van der Waals surface area (Å²) in [5, 5.41) is 8.52. The molecular formula is C7H11N3OS2. The minimum atomic E-state index is -1.14. The smallest absolute Gasteiger partial charge is 0.230 e. The predicted octanol–water partition coefficient (Wildman–Crippen LogP) is 1.44. The molecule has 0 amide bonds. The maximum Gasteiger partial charge on any atom is 0.230 e. The summed E-state index contributed by atoms with van der Waals surface area (Å²) in [5.41, 5.74) is 0.483. The summed E-state index contributed by atoms with van der Waals surface area (Å²) >= 11 is 1.15. The SMILES string of the molecule is CCCC(=N)c1nc(S(C)=O)ns1. The van der Waals surface area contributed by atoms with Gasteiger partial charge in [-0.1, -0.05) is 13.3 Å². The van der Waals surface area contributed by atoms with Crippen LogP contribution in [-0.4, -0.2) is 25.5 Å². The van der Waals surface area contributed by atoms with E-state index in [1.807, 2.05) is 6.92 Å². The van der Waals surface area contributed by atoms with Gasteiger partial charge in [-0.2, -0.15) is 4.37 Å². The average molecular weight is 217 g/mol. The van der Waals surface area contributed by atoms with Crippen molar-refractivity contribution in [3.05, 3.63) is 5.01 Å². The van der Waals surface area contributed by atoms with E-state index in [1.54, 1.807) is 0 Å². The molecule has 0 fully saturated rings. The second kappa shape index (κ2) is 4.57. The van der Waals surface area contributed by atoms with Crippen molar-refractivity contribution in [1.82, 2.24) is 9.36 Å². The minimum Gasteiger partial charge on any atom is -0.302 e. The van der Waals surface area contributed by atoms with E-state index in [-0.39, 0.29) is 0 Å². The lowest BCUT2D eigenvalue weighted by molar-refractivity contribution is 0.682. The fraction of sp³-hybridized carbons (Fsp3) is 0.571.